The van der Waals surface area contributed by atoms with Gasteiger partial charge in [-0.3, -0.25) is 25.1 Å². The van der Waals surface area contributed by atoms with E-state index in [1.165, 1.54) is 11.3 Å². The third kappa shape index (κ3) is 6.73. The largest absolute Gasteiger partial charge is 0.311 e. The number of rotatable bonds is 12. The van der Waals surface area contributed by atoms with Crippen molar-refractivity contribution in [1.82, 2.24) is 25.8 Å². The molecule has 0 fully saturated rings. The van der Waals surface area contributed by atoms with Crippen LogP contribution in [0.2, 0.25) is 0 Å². The van der Waals surface area contributed by atoms with E-state index >= 15 is 0 Å². The standard InChI is InChI=1S/C27H33N7O2S/c1-4-34(5-2)16-15-28-18-19-11-13-20(14-12-19)25(35)29-24-22-17-23(37-27(22)31-30-24)26(36)32-33(3)21-9-7-6-8-10-21/h6-14,17,28H,4-5,15-16,18H2,1-3H3,(H,32,36)(H2,29,30,31,35). The molecule has 194 valence electrons. The minimum atomic E-state index is -0.254. The molecule has 4 rings (SSSR count). The number of hydrogen-bond acceptors (Lipinski definition) is 7. The van der Waals surface area contributed by atoms with Crippen LogP contribution in [0.25, 0.3) is 10.2 Å². The first-order valence-electron chi connectivity index (χ1n) is 12.4. The number of thiophene rings is 1. The number of H-pyrrole nitrogens is 1. The van der Waals surface area contributed by atoms with E-state index < -0.39 is 0 Å². The number of anilines is 2. The number of aromatic amines is 1. The van der Waals surface area contributed by atoms with Crippen LogP contribution < -0.4 is 21.1 Å². The van der Waals surface area contributed by atoms with Gasteiger partial charge in [0.15, 0.2) is 5.82 Å². The number of para-hydroxylation sites is 1. The van der Waals surface area contributed by atoms with E-state index in [0.717, 1.165) is 44.0 Å². The lowest BCUT2D eigenvalue weighted by atomic mass is 10.1. The van der Waals surface area contributed by atoms with E-state index in [2.05, 4.69) is 45.0 Å². The minimum Gasteiger partial charge on any atom is -0.311 e. The second-order valence-corrected chi connectivity index (χ2v) is 9.67. The Morgan fingerprint density at radius 2 is 1.73 bits per heavy atom. The molecule has 10 heteroatoms. The molecule has 4 N–H and O–H groups in total. The highest BCUT2D eigenvalue weighted by Crippen LogP contribution is 2.29. The Hall–Kier alpha value is -3.73. The highest BCUT2D eigenvalue weighted by Gasteiger charge is 2.18. The van der Waals surface area contributed by atoms with E-state index in [0.29, 0.717) is 26.5 Å². The number of hydrazine groups is 1. The van der Waals surface area contributed by atoms with Crippen molar-refractivity contribution in [2.75, 3.05) is 43.6 Å². The number of amides is 2. The zero-order chi connectivity index (χ0) is 26.2. The highest BCUT2D eigenvalue weighted by molar-refractivity contribution is 7.20. The molecule has 0 saturated heterocycles. The van der Waals surface area contributed by atoms with Crippen LogP contribution in [-0.2, 0) is 6.54 Å². The predicted molar refractivity (Wildman–Crippen MR) is 150 cm³/mol. The molecule has 0 spiro atoms. The predicted octanol–water partition coefficient (Wildman–Crippen LogP) is 4.09. The van der Waals surface area contributed by atoms with Crippen LogP contribution in [0.5, 0.6) is 0 Å². The number of carbonyl (C=O) groups is 2. The molecule has 2 heterocycles. The number of benzene rings is 2. The topological polar surface area (TPSA) is 105 Å². The molecule has 0 bridgehead atoms. The van der Waals surface area contributed by atoms with Gasteiger partial charge in [0.2, 0.25) is 0 Å². The second-order valence-electron chi connectivity index (χ2n) is 8.62. The number of aromatic nitrogens is 2. The third-order valence-corrected chi connectivity index (χ3v) is 7.21. The van der Waals surface area contributed by atoms with E-state index in [9.17, 15) is 9.59 Å². The first-order valence-corrected chi connectivity index (χ1v) is 13.2. The first-order chi connectivity index (χ1) is 18.0. The van der Waals surface area contributed by atoms with Gasteiger partial charge in [-0.25, -0.2) is 0 Å². The number of nitrogens with zero attached hydrogens (tertiary/aromatic N) is 3. The summed E-state index contributed by atoms with van der Waals surface area (Å²) < 4.78 is 0. The first kappa shape index (κ1) is 26.3. The molecular weight excluding hydrogens is 486 g/mol. The normalized spacial score (nSPS) is 11.1. The Balaban J connectivity index is 1.33. The van der Waals surface area contributed by atoms with Crippen molar-refractivity contribution in [3.63, 3.8) is 0 Å². The average molecular weight is 520 g/mol. The van der Waals surface area contributed by atoms with Gasteiger partial charge in [0.25, 0.3) is 11.8 Å². The molecule has 2 aromatic carbocycles. The van der Waals surface area contributed by atoms with Crippen LogP contribution in [0, 0.1) is 0 Å². The fourth-order valence-electron chi connectivity index (χ4n) is 3.91. The van der Waals surface area contributed by atoms with Crippen LogP contribution in [0.4, 0.5) is 11.5 Å². The minimum absolute atomic E-state index is 0.237. The van der Waals surface area contributed by atoms with E-state index in [4.69, 9.17) is 0 Å². The molecule has 37 heavy (non-hydrogen) atoms. The fourth-order valence-corrected chi connectivity index (χ4v) is 4.80. The SMILES string of the molecule is CCN(CC)CCNCc1ccc(C(=O)Nc2n[nH]c3sc(C(=O)NN(C)c4ccccc4)cc23)cc1. The summed E-state index contributed by atoms with van der Waals surface area (Å²) in [6.07, 6.45) is 0. The molecule has 4 aromatic rings. The van der Waals surface area contributed by atoms with Crippen molar-refractivity contribution in [1.29, 1.82) is 0 Å². The summed E-state index contributed by atoms with van der Waals surface area (Å²) in [6.45, 7) is 9.13. The summed E-state index contributed by atoms with van der Waals surface area (Å²) in [6, 6.07) is 18.8. The fraction of sp³-hybridized carbons (Fsp3) is 0.296. The Kier molecular flexibility index (Phi) is 8.89. The van der Waals surface area contributed by atoms with Gasteiger partial charge < -0.3 is 15.5 Å². The van der Waals surface area contributed by atoms with E-state index in [1.807, 2.05) is 54.6 Å². The summed E-state index contributed by atoms with van der Waals surface area (Å²) in [7, 11) is 1.79. The summed E-state index contributed by atoms with van der Waals surface area (Å²) in [5.41, 5.74) is 5.39. The molecular formula is C27H33N7O2S. The van der Waals surface area contributed by atoms with Crippen molar-refractivity contribution < 1.29 is 9.59 Å². The lowest BCUT2D eigenvalue weighted by Gasteiger charge is -2.19. The summed E-state index contributed by atoms with van der Waals surface area (Å²) >= 11 is 1.28. The molecule has 2 amide bonds. The zero-order valence-corrected chi connectivity index (χ0v) is 22.2. The Labute approximate surface area is 220 Å². The Morgan fingerprint density at radius 3 is 2.43 bits per heavy atom. The summed E-state index contributed by atoms with van der Waals surface area (Å²) in [5.74, 6) is -0.0937. The van der Waals surface area contributed by atoms with Gasteiger partial charge >= 0.3 is 0 Å². The summed E-state index contributed by atoms with van der Waals surface area (Å²) in [5, 5.41) is 15.8. The average Bonchev–Trinajstić information content (AvgIpc) is 3.51. The molecule has 2 aromatic heterocycles. The molecule has 0 radical (unpaired) electrons. The molecule has 0 aliphatic heterocycles. The van der Waals surface area contributed by atoms with Crippen LogP contribution >= 0.6 is 11.3 Å². The lowest BCUT2D eigenvalue weighted by molar-refractivity contribution is 0.0954. The van der Waals surface area contributed by atoms with Crippen molar-refractivity contribution in [3.05, 3.63) is 76.7 Å². The maximum Gasteiger partial charge on any atom is 0.279 e. The summed E-state index contributed by atoms with van der Waals surface area (Å²) in [4.78, 5) is 29.2. The van der Waals surface area contributed by atoms with Crippen LogP contribution in [-0.4, -0.2) is 60.1 Å². The van der Waals surface area contributed by atoms with Gasteiger partial charge in [-0.15, -0.1) is 11.3 Å². The van der Waals surface area contributed by atoms with Gasteiger partial charge in [0, 0.05) is 32.2 Å². The van der Waals surface area contributed by atoms with Crippen molar-refractivity contribution in [2.45, 2.75) is 20.4 Å². The molecule has 9 nitrogen and oxygen atoms in total. The van der Waals surface area contributed by atoms with Gasteiger partial charge in [-0.1, -0.05) is 44.2 Å². The van der Waals surface area contributed by atoms with Gasteiger partial charge in [-0.2, -0.15) is 5.10 Å². The van der Waals surface area contributed by atoms with Crippen LogP contribution in [0.15, 0.2) is 60.7 Å². The molecule has 0 aliphatic rings. The maximum atomic E-state index is 12.8. The van der Waals surface area contributed by atoms with E-state index in [1.54, 1.807) is 18.1 Å². The third-order valence-electron chi connectivity index (χ3n) is 6.17. The second kappa shape index (κ2) is 12.5. The van der Waals surface area contributed by atoms with Crippen molar-refractivity contribution in [3.8, 4) is 0 Å². The maximum absolute atomic E-state index is 12.8. The van der Waals surface area contributed by atoms with Crippen LogP contribution in [0.3, 0.4) is 0 Å². The molecule has 0 aliphatic carbocycles. The number of fused-ring (bicyclic) bond motifs is 1. The van der Waals surface area contributed by atoms with E-state index in [-0.39, 0.29) is 11.8 Å². The number of likely N-dealkylation sites (N-methyl/N-ethyl adjacent to an activating group) is 1. The molecule has 0 saturated carbocycles. The van der Waals surface area contributed by atoms with Gasteiger partial charge in [-0.05, 0) is 49.0 Å². The quantitative estimate of drug-likeness (QED) is 0.166. The number of nitrogens with one attached hydrogen (secondary N) is 4. The monoisotopic (exact) mass is 519 g/mol. The van der Waals surface area contributed by atoms with Gasteiger partial charge in [0.1, 0.15) is 4.83 Å². The van der Waals surface area contributed by atoms with Crippen molar-refractivity contribution >= 4 is 44.9 Å². The molecule has 0 unspecified atom stereocenters. The Bertz CT molecular complexity index is 1310. The number of carbonyl (C=O) groups excluding carboxylic acids is 2. The van der Waals surface area contributed by atoms with Crippen molar-refractivity contribution in [2.24, 2.45) is 0 Å². The Morgan fingerprint density at radius 1 is 1.00 bits per heavy atom. The molecule has 0 atom stereocenters. The number of hydrogen-bond donors (Lipinski definition) is 4. The van der Waals surface area contributed by atoms with Crippen LogP contribution in [0.1, 0.15) is 39.4 Å². The van der Waals surface area contributed by atoms with Gasteiger partial charge in [0.05, 0.1) is 16.0 Å². The zero-order valence-electron chi connectivity index (χ0n) is 21.4. The highest BCUT2D eigenvalue weighted by atomic mass is 32.1. The smallest absolute Gasteiger partial charge is 0.279 e. The lowest BCUT2D eigenvalue weighted by Crippen LogP contribution is -2.38.